The van der Waals surface area contributed by atoms with Gasteiger partial charge < -0.3 is 4.57 Å². The van der Waals surface area contributed by atoms with Crippen molar-refractivity contribution in [1.29, 1.82) is 0 Å². The van der Waals surface area contributed by atoms with Crippen LogP contribution in [0.25, 0.3) is 22.2 Å². The summed E-state index contributed by atoms with van der Waals surface area (Å²) in [7, 11) is 0. The van der Waals surface area contributed by atoms with Gasteiger partial charge in [0.1, 0.15) is 0 Å². The van der Waals surface area contributed by atoms with Crippen LogP contribution in [0, 0.1) is 34.6 Å². The minimum absolute atomic E-state index is 0.0938. The second kappa shape index (κ2) is 8.19. The van der Waals surface area contributed by atoms with Gasteiger partial charge in [0, 0.05) is 28.0 Å². The highest BCUT2D eigenvalue weighted by Crippen LogP contribution is 2.28. The van der Waals surface area contributed by atoms with Crippen LogP contribution in [0.2, 0.25) is 0 Å². The number of rotatable bonds is 5. The van der Waals surface area contributed by atoms with Crippen LogP contribution >= 0.6 is 11.8 Å². The molecule has 5 nitrogen and oxygen atoms in total. The number of fused-ring (bicyclic) bond motifs is 3. The van der Waals surface area contributed by atoms with Crippen molar-refractivity contribution in [3.8, 4) is 5.69 Å². The zero-order chi connectivity index (χ0) is 23.3. The summed E-state index contributed by atoms with van der Waals surface area (Å²) in [5.74, 6) is 0.400. The number of carbonyl (C=O) groups is 1. The lowest BCUT2D eigenvalue weighted by atomic mass is 10.1. The van der Waals surface area contributed by atoms with E-state index in [1.165, 1.54) is 22.9 Å². The number of aromatic nitrogens is 4. The standard InChI is InChI=1S/C27H26N4OS/c1-16-10-11-21(12-17(16)2)30-19(4)14-23(20(30)5)25(32)15-33-27-29-28-26-13-18(3)22-8-6-7-9-24(22)31(26)27/h6-14H,15H2,1-5H3. The molecule has 5 aromatic rings. The Kier molecular flexibility index (Phi) is 5.33. The van der Waals surface area contributed by atoms with E-state index in [1.807, 2.05) is 42.5 Å². The van der Waals surface area contributed by atoms with Crippen LogP contribution in [0.5, 0.6) is 0 Å². The van der Waals surface area contributed by atoms with E-state index >= 15 is 0 Å². The summed E-state index contributed by atoms with van der Waals surface area (Å²) in [5, 5.41) is 10.6. The van der Waals surface area contributed by atoms with E-state index in [9.17, 15) is 4.79 Å². The molecule has 0 fully saturated rings. The molecule has 5 rings (SSSR count). The number of para-hydroxylation sites is 1. The number of aryl methyl sites for hydroxylation is 4. The van der Waals surface area contributed by atoms with Gasteiger partial charge in [-0.1, -0.05) is 36.0 Å². The summed E-state index contributed by atoms with van der Waals surface area (Å²) in [6, 6.07) is 18.7. The van der Waals surface area contributed by atoms with Gasteiger partial charge in [0.15, 0.2) is 16.6 Å². The molecular weight excluding hydrogens is 428 g/mol. The number of carbonyl (C=O) groups excluding carboxylic acids is 1. The Morgan fingerprint density at radius 3 is 2.45 bits per heavy atom. The van der Waals surface area contributed by atoms with Crippen molar-refractivity contribution in [2.45, 2.75) is 39.8 Å². The summed E-state index contributed by atoms with van der Waals surface area (Å²) in [6.07, 6.45) is 0. The summed E-state index contributed by atoms with van der Waals surface area (Å²) in [6.45, 7) is 10.4. The molecule has 0 N–H and O–H groups in total. The van der Waals surface area contributed by atoms with E-state index < -0.39 is 0 Å². The van der Waals surface area contributed by atoms with Gasteiger partial charge in [0.25, 0.3) is 0 Å². The third kappa shape index (κ3) is 3.64. The predicted molar refractivity (Wildman–Crippen MR) is 135 cm³/mol. The Morgan fingerprint density at radius 1 is 0.879 bits per heavy atom. The van der Waals surface area contributed by atoms with Gasteiger partial charge in [-0.2, -0.15) is 0 Å². The number of pyridine rings is 1. The summed E-state index contributed by atoms with van der Waals surface area (Å²) in [4.78, 5) is 13.2. The van der Waals surface area contributed by atoms with Gasteiger partial charge >= 0.3 is 0 Å². The van der Waals surface area contributed by atoms with Crippen LogP contribution in [0.1, 0.15) is 38.4 Å². The molecule has 33 heavy (non-hydrogen) atoms. The van der Waals surface area contributed by atoms with Crippen molar-refractivity contribution in [3.63, 3.8) is 0 Å². The Labute approximate surface area is 197 Å². The van der Waals surface area contributed by atoms with Gasteiger partial charge in [-0.05, 0) is 81.6 Å². The lowest BCUT2D eigenvalue weighted by Crippen LogP contribution is -2.06. The summed E-state index contributed by atoms with van der Waals surface area (Å²) >= 11 is 1.43. The lowest BCUT2D eigenvalue weighted by molar-refractivity contribution is 0.102. The molecule has 2 aromatic carbocycles. The van der Waals surface area contributed by atoms with Crippen LogP contribution in [-0.4, -0.2) is 30.7 Å². The molecule has 0 unspecified atom stereocenters. The fourth-order valence-electron chi connectivity index (χ4n) is 4.48. The molecule has 0 atom stereocenters. The molecule has 0 saturated heterocycles. The zero-order valence-electron chi connectivity index (χ0n) is 19.5. The molecule has 3 aromatic heterocycles. The van der Waals surface area contributed by atoms with E-state index in [1.54, 1.807) is 0 Å². The Morgan fingerprint density at radius 2 is 1.67 bits per heavy atom. The zero-order valence-corrected chi connectivity index (χ0v) is 20.3. The minimum Gasteiger partial charge on any atom is -0.318 e. The fourth-order valence-corrected chi connectivity index (χ4v) is 5.32. The molecule has 6 heteroatoms. The largest absolute Gasteiger partial charge is 0.318 e. The SMILES string of the molecule is Cc1ccc(-n2c(C)cc(C(=O)CSc3nnc4cc(C)c5ccccc5n34)c2C)cc1C. The number of nitrogens with zero attached hydrogens (tertiary/aromatic N) is 4. The molecule has 0 spiro atoms. The summed E-state index contributed by atoms with van der Waals surface area (Å²) < 4.78 is 4.20. The first-order chi connectivity index (χ1) is 15.8. The van der Waals surface area contributed by atoms with Crippen LogP contribution in [0.4, 0.5) is 0 Å². The highest BCUT2D eigenvalue weighted by molar-refractivity contribution is 7.99. The number of hydrogen-bond donors (Lipinski definition) is 0. The minimum atomic E-state index is 0.0938. The highest BCUT2D eigenvalue weighted by atomic mass is 32.2. The topological polar surface area (TPSA) is 52.2 Å². The van der Waals surface area contributed by atoms with E-state index in [2.05, 4.69) is 65.9 Å². The molecule has 0 aliphatic heterocycles. The van der Waals surface area contributed by atoms with E-state index in [4.69, 9.17) is 0 Å². The predicted octanol–water partition coefficient (Wildman–Crippen LogP) is 6.19. The number of Topliss-reactive ketones (excluding diaryl/α,β-unsaturated/α-hetero) is 1. The second-order valence-electron chi connectivity index (χ2n) is 8.62. The monoisotopic (exact) mass is 454 g/mol. The maximum Gasteiger partial charge on any atom is 0.196 e. The van der Waals surface area contributed by atoms with Crippen molar-refractivity contribution < 1.29 is 4.79 Å². The average Bonchev–Trinajstić information content (AvgIpc) is 3.34. The van der Waals surface area contributed by atoms with Gasteiger partial charge in [-0.15, -0.1) is 10.2 Å². The van der Waals surface area contributed by atoms with E-state index in [0.29, 0.717) is 5.75 Å². The molecule has 3 heterocycles. The van der Waals surface area contributed by atoms with Crippen molar-refractivity contribution in [3.05, 3.63) is 88.2 Å². The summed E-state index contributed by atoms with van der Waals surface area (Å²) in [5.41, 5.74) is 9.39. The second-order valence-corrected chi connectivity index (χ2v) is 9.56. The number of benzene rings is 2. The van der Waals surface area contributed by atoms with Gasteiger partial charge in [-0.3, -0.25) is 9.20 Å². The van der Waals surface area contributed by atoms with Crippen molar-refractivity contribution in [2.75, 3.05) is 5.75 Å². The molecule has 0 bridgehead atoms. The molecule has 0 radical (unpaired) electrons. The molecular formula is C27H26N4OS. The van der Waals surface area contributed by atoms with Crippen LogP contribution in [0.15, 0.2) is 59.8 Å². The van der Waals surface area contributed by atoms with Crippen LogP contribution in [-0.2, 0) is 0 Å². The lowest BCUT2D eigenvalue weighted by Gasteiger charge is -2.12. The third-order valence-corrected chi connectivity index (χ3v) is 7.32. The fraction of sp³-hybridized carbons (Fsp3) is 0.222. The Hall–Kier alpha value is -3.38. The van der Waals surface area contributed by atoms with Crippen LogP contribution in [0.3, 0.4) is 0 Å². The number of hydrogen-bond acceptors (Lipinski definition) is 4. The molecule has 0 saturated carbocycles. The van der Waals surface area contributed by atoms with Crippen molar-refractivity contribution in [2.24, 2.45) is 0 Å². The van der Waals surface area contributed by atoms with E-state index in [-0.39, 0.29) is 5.78 Å². The maximum absolute atomic E-state index is 13.2. The quantitative estimate of drug-likeness (QED) is 0.235. The normalized spacial score (nSPS) is 11.5. The van der Waals surface area contributed by atoms with Gasteiger partial charge in [0.05, 0.1) is 11.3 Å². The van der Waals surface area contributed by atoms with E-state index in [0.717, 1.165) is 49.9 Å². The van der Waals surface area contributed by atoms with Crippen molar-refractivity contribution in [1.82, 2.24) is 19.2 Å². The molecule has 0 amide bonds. The Bertz CT molecular complexity index is 1540. The van der Waals surface area contributed by atoms with Crippen molar-refractivity contribution >= 4 is 34.1 Å². The maximum atomic E-state index is 13.2. The first-order valence-corrected chi connectivity index (χ1v) is 12.0. The first kappa shape index (κ1) is 21.5. The van der Waals surface area contributed by atoms with Crippen LogP contribution < -0.4 is 0 Å². The average molecular weight is 455 g/mol. The molecule has 166 valence electrons. The molecule has 0 aliphatic rings. The molecule has 0 aliphatic carbocycles. The third-order valence-electron chi connectivity index (χ3n) is 6.39. The number of ketones is 1. The Balaban J connectivity index is 1.45. The van der Waals surface area contributed by atoms with Gasteiger partial charge in [0.2, 0.25) is 0 Å². The van der Waals surface area contributed by atoms with Gasteiger partial charge in [-0.25, -0.2) is 0 Å². The first-order valence-electron chi connectivity index (χ1n) is 11.0. The highest BCUT2D eigenvalue weighted by Gasteiger charge is 2.19. The smallest absolute Gasteiger partial charge is 0.196 e. The number of thioether (sulfide) groups is 1.